The Morgan fingerprint density at radius 3 is 2.57 bits per heavy atom. The maximum absolute atomic E-state index is 12.3. The van der Waals surface area contributed by atoms with Crippen molar-refractivity contribution < 1.29 is 9.53 Å². The molecule has 23 heavy (non-hydrogen) atoms. The molecule has 1 amide bonds. The molecule has 3 rings (SSSR count). The number of carbonyl (C=O) groups is 1. The van der Waals surface area contributed by atoms with Crippen molar-refractivity contribution in [2.24, 2.45) is 5.41 Å². The number of fused-ring (bicyclic) bond motifs is 1. The Labute approximate surface area is 135 Å². The smallest absolute Gasteiger partial charge is 0.249 e. The van der Waals surface area contributed by atoms with E-state index in [1.807, 2.05) is 50.2 Å². The maximum Gasteiger partial charge on any atom is 0.249 e. The molecule has 116 valence electrons. The van der Waals surface area contributed by atoms with Crippen LogP contribution in [0.2, 0.25) is 0 Å². The molecule has 0 saturated heterocycles. The van der Waals surface area contributed by atoms with E-state index in [1.54, 1.807) is 13.2 Å². The van der Waals surface area contributed by atoms with Crippen molar-refractivity contribution in [3.63, 3.8) is 0 Å². The van der Waals surface area contributed by atoms with Crippen molar-refractivity contribution in [1.29, 1.82) is 5.26 Å². The highest BCUT2D eigenvalue weighted by molar-refractivity contribution is 6.11. The monoisotopic (exact) mass is 306 g/mol. The van der Waals surface area contributed by atoms with Crippen LogP contribution in [0.1, 0.15) is 19.4 Å². The molecule has 0 aliphatic heterocycles. The fourth-order valence-corrected chi connectivity index (χ4v) is 2.72. The zero-order valence-electron chi connectivity index (χ0n) is 13.4. The number of methoxy groups -OCH3 is 1. The van der Waals surface area contributed by atoms with E-state index >= 15 is 0 Å². The van der Waals surface area contributed by atoms with Crippen LogP contribution in [0.4, 0.5) is 0 Å². The average molecular weight is 306 g/mol. The van der Waals surface area contributed by atoms with Crippen LogP contribution in [-0.2, 0) is 4.79 Å². The summed E-state index contributed by atoms with van der Waals surface area (Å²) in [5.74, 6) is 0.554. The second-order valence-electron chi connectivity index (χ2n) is 6.03. The van der Waals surface area contributed by atoms with Gasteiger partial charge in [-0.05, 0) is 60.0 Å². The SMILES string of the molecule is COc1ccc2cc(C3=C[C@@]3(C#N)C(=O)NC(C)C)ccc2c1. The highest BCUT2D eigenvalue weighted by Gasteiger charge is 2.52. The van der Waals surface area contributed by atoms with Crippen LogP contribution in [0.3, 0.4) is 0 Å². The molecule has 0 radical (unpaired) electrons. The molecular weight excluding hydrogens is 288 g/mol. The summed E-state index contributed by atoms with van der Waals surface area (Å²) in [6.45, 7) is 3.77. The first-order valence-corrected chi connectivity index (χ1v) is 7.54. The molecule has 0 bridgehead atoms. The summed E-state index contributed by atoms with van der Waals surface area (Å²) in [5, 5.41) is 14.4. The summed E-state index contributed by atoms with van der Waals surface area (Å²) in [7, 11) is 1.64. The minimum absolute atomic E-state index is 0.00652. The fraction of sp³-hybridized carbons (Fsp3) is 0.263. The molecule has 4 heteroatoms. The molecule has 2 aromatic carbocycles. The zero-order valence-corrected chi connectivity index (χ0v) is 13.4. The van der Waals surface area contributed by atoms with Crippen molar-refractivity contribution in [2.75, 3.05) is 7.11 Å². The highest BCUT2D eigenvalue weighted by atomic mass is 16.5. The van der Waals surface area contributed by atoms with Crippen molar-refractivity contribution in [1.82, 2.24) is 5.32 Å². The molecule has 1 aliphatic carbocycles. The van der Waals surface area contributed by atoms with Crippen LogP contribution in [0.15, 0.2) is 42.5 Å². The third-order valence-electron chi connectivity index (χ3n) is 4.02. The first-order valence-electron chi connectivity index (χ1n) is 7.54. The molecule has 0 heterocycles. The van der Waals surface area contributed by atoms with Gasteiger partial charge in [0.05, 0.1) is 13.2 Å². The lowest BCUT2D eigenvalue weighted by atomic mass is 9.95. The summed E-state index contributed by atoms with van der Waals surface area (Å²) in [4.78, 5) is 12.3. The lowest BCUT2D eigenvalue weighted by Crippen LogP contribution is -2.37. The van der Waals surface area contributed by atoms with Gasteiger partial charge in [-0.3, -0.25) is 4.79 Å². The van der Waals surface area contributed by atoms with Crippen molar-refractivity contribution in [3.05, 3.63) is 48.0 Å². The molecular formula is C19H18N2O2. The minimum atomic E-state index is -1.12. The summed E-state index contributed by atoms with van der Waals surface area (Å²) >= 11 is 0. The number of rotatable bonds is 4. The topological polar surface area (TPSA) is 62.1 Å². The van der Waals surface area contributed by atoms with Gasteiger partial charge in [-0.2, -0.15) is 5.26 Å². The van der Waals surface area contributed by atoms with E-state index in [9.17, 15) is 10.1 Å². The van der Waals surface area contributed by atoms with Gasteiger partial charge in [0.25, 0.3) is 0 Å². The van der Waals surface area contributed by atoms with E-state index in [0.717, 1.165) is 27.7 Å². The second-order valence-corrected chi connectivity index (χ2v) is 6.03. The zero-order chi connectivity index (χ0) is 16.6. The average Bonchev–Trinajstić information content (AvgIpc) is 3.29. The summed E-state index contributed by atoms with van der Waals surface area (Å²) < 4.78 is 5.22. The lowest BCUT2D eigenvalue weighted by molar-refractivity contribution is -0.123. The van der Waals surface area contributed by atoms with E-state index in [-0.39, 0.29) is 11.9 Å². The Kier molecular flexibility index (Phi) is 3.57. The number of hydrogen-bond acceptors (Lipinski definition) is 3. The Balaban J connectivity index is 1.91. The number of benzene rings is 2. The molecule has 0 fully saturated rings. The first-order chi connectivity index (χ1) is 11.0. The van der Waals surface area contributed by atoms with Crippen LogP contribution in [0.25, 0.3) is 16.3 Å². The van der Waals surface area contributed by atoms with E-state index in [2.05, 4.69) is 11.4 Å². The Morgan fingerprint density at radius 1 is 1.22 bits per heavy atom. The third-order valence-corrected chi connectivity index (χ3v) is 4.02. The third kappa shape index (κ3) is 2.55. The number of nitriles is 1. The van der Waals surface area contributed by atoms with E-state index < -0.39 is 5.41 Å². The number of hydrogen-bond donors (Lipinski definition) is 1. The molecule has 1 atom stereocenters. The van der Waals surface area contributed by atoms with Gasteiger partial charge in [-0.25, -0.2) is 0 Å². The normalized spacial score (nSPS) is 19.2. The fourth-order valence-electron chi connectivity index (χ4n) is 2.72. The predicted molar refractivity (Wildman–Crippen MR) is 89.8 cm³/mol. The summed E-state index contributed by atoms with van der Waals surface area (Å²) in [5.41, 5.74) is 0.559. The van der Waals surface area contributed by atoms with Gasteiger partial charge in [-0.1, -0.05) is 18.2 Å². The Hall–Kier alpha value is -2.80. The quantitative estimate of drug-likeness (QED) is 0.943. The van der Waals surface area contributed by atoms with E-state index in [1.165, 1.54) is 0 Å². The maximum atomic E-state index is 12.3. The number of nitrogens with zero attached hydrogens (tertiary/aromatic N) is 1. The second kappa shape index (κ2) is 5.44. The van der Waals surface area contributed by atoms with Gasteiger partial charge in [0.1, 0.15) is 5.75 Å². The first kappa shape index (κ1) is 15.1. The molecule has 0 saturated carbocycles. The van der Waals surface area contributed by atoms with Crippen molar-refractivity contribution >= 4 is 22.3 Å². The minimum Gasteiger partial charge on any atom is -0.497 e. The van der Waals surface area contributed by atoms with Gasteiger partial charge in [-0.15, -0.1) is 0 Å². The van der Waals surface area contributed by atoms with Crippen molar-refractivity contribution in [2.45, 2.75) is 19.9 Å². The van der Waals surface area contributed by atoms with Crippen molar-refractivity contribution in [3.8, 4) is 11.8 Å². The number of nitrogens with one attached hydrogen (secondary N) is 1. The molecule has 0 aromatic heterocycles. The summed E-state index contributed by atoms with van der Waals surface area (Å²) in [6.07, 6.45) is 1.73. The molecule has 0 spiro atoms. The van der Waals surface area contributed by atoms with E-state index in [0.29, 0.717) is 0 Å². The van der Waals surface area contributed by atoms with Gasteiger partial charge >= 0.3 is 0 Å². The largest absolute Gasteiger partial charge is 0.497 e. The van der Waals surface area contributed by atoms with E-state index in [4.69, 9.17) is 4.74 Å². The molecule has 1 aliphatic rings. The number of carbonyl (C=O) groups excluding carboxylic acids is 1. The highest BCUT2D eigenvalue weighted by Crippen LogP contribution is 2.51. The van der Waals surface area contributed by atoms with Crippen LogP contribution in [-0.4, -0.2) is 19.1 Å². The Morgan fingerprint density at radius 2 is 1.91 bits per heavy atom. The predicted octanol–water partition coefficient (Wildman–Crippen LogP) is 3.28. The van der Waals surface area contributed by atoms with Crippen LogP contribution < -0.4 is 10.1 Å². The van der Waals surface area contributed by atoms with Gasteiger partial charge in [0.15, 0.2) is 5.41 Å². The molecule has 0 unspecified atom stereocenters. The summed E-state index contributed by atoms with van der Waals surface area (Å²) in [6, 6.07) is 13.9. The number of ether oxygens (including phenoxy) is 1. The van der Waals surface area contributed by atoms with Gasteiger partial charge in [0.2, 0.25) is 5.91 Å². The van der Waals surface area contributed by atoms with Gasteiger partial charge in [0, 0.05) is 6.04 Å². The number of amides is 1. The molecule has 2 aromatic rings. The van der Waals surface area contributed by atoms with Crippen LogP contribution in [0.5, 0.6) is 5.75 Å². The van der Waals surface area contributed by atoms with Crippen LogP contribution in [0, 0.1) is 16.7 Å². The lowest BCUT2D eigenvalue weighted by Gasteiger charge is -2.14. The van der Waals surface area contributed by atoms with Gasteiger partial charge < -0.3 is 10.1 Å². The van der Waals surface area contributed by atoms with Crippen LogP contribution >= 0.6 is 0 Å². The standard InChI is InChI=1S/C19H18N2O2/c1-12(2)21-18(22)19(11-20)10-17(19)15-5-4-14-9-16(23-3)7-6-13(14)8-15/h4-10,12H,1-3H3,(H,21,22)/t19-/m0/s1. The molecule has 4 nitrogen and oxygen atoms in total. The Bertz CT molecular complexity index is 861. The molecule has 1 N–H and O–H groups in total.